The molecule has 0 unspecified atom stereocenters. The minimum atomic E-state index is -0.542. The molecule has 7 heteroatoms. The molecule has 1 heterocycles. The number of hydrogen-bond donors (Lipinski definition) is 3. The molecule has 0 radical (unpaired) electrons. The fraction of sp³-hybridized carbons (Fsp3) is 0.462. The number of hydrogen-bond acceptors (Lipinski definition) is 4. The molecule has 186 valence electrons. The average Bonchev–Trinajstić information content (AvgIpc) is 3.16. The minimum Gasteiger partial charge on any atom is -0.404 e. The molecule has 0 aliphatic rings. The Morgan fingerprint density at radius 3 is 2.03 bits per heavy atom. The van der Waals surface area contributed by atoms with E-state index in [9.17, 15) is 8.78 Å². The maximum atomic E-state index is 13.1. The zero-order chi connectivity index (χ0) is 26.0. The predicted molar refractivity (Wildman–Crippen MR) is 140 cm³/mol. The van der Waals surface area contributed by atoms with E-state index in [1.165, 1.54) is 12.1 Å². The number of aromatic amines is 1. The number of halogens is 2. The van der Waals surface area contributed by atoms with Crippen LogP contribution in [0.4, 0.5) is 8.78 Å². The van der Waals surface area contributed by atoms with Crippen LogP contribution in [0.3, 0.4) is 0 Å². The number of H-pyrrole nitrogens is 1. The van der Waals surface area contributed by atoms with Gasteiger partial charge in [0.25, 0.3) is 0 Å². The number of aryl methyl sites for hydroxylation is 2. The van der Waals surface area contributed by atoms with Crippen molar-refractivity contribution in [2.75, 3.05) is 13.1 Å². The highest BCUT2D eigenvalue weighted by Gasteiger charge is 2.10. The lowest BCUT2D eigenvalue weighted by molar-refractivity contribution is 0.575. The molecule has 0 spiro atoms. The second-order valence-corrected chi connectivity index (χ2v) is 7.12. The maximum absolute atomic E-state index is 13.1. The third-order valence-corrected chi connectivity index (χ3v) is 4.13. The Labute approximate surface area is 199 Å². The summed E-state index contributed by atoms with van der Waals surface area (Å²) >= 11 is 0. The van der Waals surface area contributed by atoms with E-state index < -0.39 is 11.6 Å². The molecule has 0 aliphatic heterocycles. The van der Waals surface area contributed by atoms with Gasteiger partial charge in [-0.05, 0) is 69.5 Å². The van der Waals surface area contributed by atoms with Crippen molar-refractivity contribution in [1.82, 2.24) is 10.2 Å². The van der Waals surface area contributed by atoms with E-state index >= 15 is 0 Å². The second kappa shape index (κ2) is 18.7. The van der Waals surface area contributed by atoms with E-state index in [-0.39, 0.29) is 5.56 Å². The van der Waals surface area contributed by atoms with Crippen molar-refractivity contribution in [1.29, 1.82) is 0 Å². The molecule has 5 nitrogen and oxygen atoms in total. The van der Waals surface area contributed by atoms with Gasteiger partial charge in [0.1, 0.15) is 11.6 Å². The zero-order valence-corrected chi connectivity index (χ0v) is 21.6. The Hall–Kier alpha value is -2.80. The quantitative estimate of drug-likeness (QED) is 0.334. The smallest absolute Gasteiger partial charge is 0.133 e. The number of benzene rings is 1. The van der Waals surface area contributed by atoms with Gasteiger partial charge >= 0.3 is 0 Å². The van der Waals surface area contributed by atoms with Gasteiger partial charge in [-0.2, -0.15) is 5.10 Å². The predicted octanol–water partition coefficient (Wildman–Crippen LogP) is 6.58. The number of rotatable bonds is 6. The first-order valence-electron chi connectivity index (χ1n) is 11.4. The van der Waals surface area contributed by atoms with E-state index in [4.69, 9.17) is 11.5 Å². The van der Waals surface area contributed by atoms with E-state index in [0.717, 1.165) is 48.5 Å². The first-order chi connectivity index (χ1) is 15.6. The molecular formula is C26H43F2N5. The van der Waals surface area contributed by atoms with E-state index in [2.05, 4.69) is 28.7 Å². The molecule has 0 fully saturated rings. The molecule has 33 heavy (non-hydrogen) atoms. The highest BCUT2D eigenvalue weighted by Crippen LogP contribution is 2.21. The highest BCUT2D eigenvalue weighted by atomic mass is 19.1. The van der Waals surface area contributed by atoms with Crippen LogP contribution in [0.1, 0.15) is 76.8 Å². The Kier molecular flexibility index (Phi) is 18.4. The van der Waals surface area contributed by atoms with Gasteiger partial charge in [0.05, 0.1) is 11.9 Å². The van der Waals surface area contributed by atoms with Crippen LogP contribution in [-0.2, 0) is 0 Å². The van der Waals surface area contributed by atoms with Crippen molar-refractivity contribution < 1.29 is 8.78 Å². The number of nitrogens with one attached hydrogen (secondary N) is 1. The molecule has 0 amide bonds. The van der Waals surface area contributed by atoms with Gasteiger partial charge in [0, 0.05) is 29.6 Å². The van der Waals surface area contributed by atoms with Crippen molar-refractivity contribution in [2.24, 2.45) is 16.5 Å². The van der Waals surface area contributed by atoms with Gasteiger partial charge in [0.2, 0.25) is 0 Å². The first kappa shape index (κ1) is 32.4. The Balaban J connectivity index is 0. The number of aromatic nitrogens is 2. The molecule has 0 atom stereocenters. The van der Waals surface area contributed by atoms with Crippen molar-refractivity contribution in [3.63, 3.8) is 0 Å². The standard InChI is InChI=1S/C12H20N4.C10H10F2.C2H7N.C2H6/c1-4-5-6-14-10(3)11(7-13)12-9(2)8-15-16-12;1-6(2)10-8(11)4-7(3)5-9(10)12;1-2-3;1-2/h7-8H,4-6,13H2,1-3H3,(H,15,16);4-5H,1H2,2-3H3;2-3H2,1H3;1-2H3/b11-7+,14-10?;;;. The highest BCUT2D eigenvalue weighted by molar-refractivity contribution is 6.22. The molecule has 2 rings (SSSR count). The largest absolute Gasteiger partial charge is 0.404 e. The summed E-state index contributed by atoms with van der Waals surface area (Å²) in [4.78, 5) is 4.50. The van der Waals surface area contributed by atoms with Crippen LogP contribution >= 0.6 is 0 Å². The van der Waals surface area contributed by atoms with Crippen LogP contribution < -0.4 is 11.5 Å². The summed E-state index contributed by atoms with van der Waals surface area (Å²) in [6, 6.07) is 2.60. The molecule has 1 aromatic heterocycles. The van der Waals surface area contributed by atoms with Gasteiger partial charge in [-0.15, -0.1) is 0 Å². The van der Waals surface area contributed by atoms with Crippen LogP contribution in [0.5, 0.6) is 0 Å². The molecule has 1 aromatic carbocycles. The number of nitrogens with zero attached hydrogens (tertiary/aromatic N) is 2. The average molecular weight is 464 g/mol. The fourth-order valence-corrected chi connectivity index (χ4v) is 2.60. The van der Waals surface area contributed by atoms with Gasteiger partial charge in [0.15, 0.2) is 0 Å². The topological polar surface area (TPSA) is 93.1 Å². The van der Waals surface area contributed by atoms with Crippen LogP contribution in [0.25, 0.3) is 11.1 Å². The first-order valence-corrected chi connectivity index (χ1v) is 11.4. The summed E-state index contributed by atoms with van der Waals surface area (Å²) in [5, 5.41) is 6.94. The number of allylic oxidation sites excluding steroid dienone is 2. The molecular weight excluding hydrogens is 420 g/mol. The van der Waals surface area contributed by atoms with Crippen molar-refractivity contribution >= 4 is 16.9 Å². The Morgan fingerprint density at radius 2 is 1.67 bits per heavy atom. The lowest BCUT2D eigenvalue weighted by Crippen LogP contribution is -2.03. The summed E-state index contributed by atoms with van der Waals surface area (Å²) < 4.78 is 26.1. The van der Waals surface area contributed by atoms with Gasteiger partial charge in [-0.25, -0.2) is 8.78 Å². The van der Waals surface area contributed by atoms with Crippen LogP contribution in [0.15, 0.2) is 36.1 Å². The Morgan fingerprint density at radius 1 is 1.15 bits per heavy atom. The van der Waals surface area contributed by atoms with Crippen LogP contribution in [0, 0.1) is 25.5 Å². The van der Waals surface area contributed by atoms with E-state index in [1.54, 1.807) is 26.2 Å². The molecule has 0 aliphatic carbocycles. The third kappa shape index (κ3) is 12.1. The summed E-state index contributed by atoms with van der Waals surface area (Å²) in [6.07, 6.45) is 5.64. The van der Waals surface area contributed by atoms with Gasteiger partial charge in [-0.1, -0.05) is 40.7 Å². The second-order valence-electron chi connectivity index (χ2n) is 7.12. The SMILES string of the molecule is C=C(C)c1c(F)cc(C)cc1F.CC.CCCCN=C(C)/C(=C\N)c1[nH]ncc1C.CCN. The summed E-state index contributed by atoms with van der Waals surface area (Å²) in [5.41, 5.74) is 15.4. The number of nitrogens with two attached hydrogens (primary N) is 2. The fourth-order valence-electron chi connectivity index (χ4n) is 2.60. The third-order valence-electron chi connectivity index (χ3n) is 4.13. The van der Waals surface area contributed by atoms with Gasteiger partial charge in [-0.3, -0.25) is 10.1 Å². The summed E-state index contributed by atoms with van der Waals surface area (Å²) in [6.45, 7) is 20.4. The van der Waals surface area contributed by atoms with E-state index in [1.807, 2.05) is 34.6 Å². The molecule has 0 saturated heterocycles. The van der Waals surface area contributed by atoms with Crippen LogP contribution in [0.2, 0.25) is 0 Å². The van der Waals surface area contributed by atoms with Crippen molar-refractivity contribution in [2.45, 2.75) is 68.2 Å². The zero-order valence-electron chi connectivity index (χ0n) is 21.6. The molecule has 5 N–H and O–H groups in total. The van der Waals surface area contributed by atoms with Crippen molar-refractivity contribution in [3.05, 3.63) is 65.1 Å². The number of aliphatic imine (C=N–C) groups is 1. The molecule has 0 saturated carbocycles. The molecule has 2 aromatic rings. The summed E-state index contributed by atoms with van der Waals surface area (Å²) in [5.74, 6) is -1.08. The monoisotopic (exact) mass is 463 g/mol. The van der Waals surface area contributed by atoms with Crippen LogP contribution in [-0.4, -0.2) is 29.0 Å². The minimum absolute atomic E-state index is 0.0133. The van der Waals surface area contributed by atoms with E-state index in [0.29, 0.717) is 11.1 Å². The number of unbranched alkanes of at least 4 members (excludes halogenated alkanes) is 1. The lowest BCUT2D eigenvalue weighted by Gasteiger charge is -2.05. The Bertz CT molecular complexity index is 860. The van der Waals surface area contributed by atoms with Gasteiger partial charge < -0.3 is 11.5 Å². The lowest BCUT2D eigenvalue weighted by atomic mass is 10.1. The normalized spacial score (nSPS) is 10.8. The van der Waals surface area contributed by atoms with Crippen molar-refractivity contribution in [3.8, 4) is 0 Å². The summed E-state index contributed by atoms with van der Waals surface area (Å²) in [7, 11) is 0. The maximum Gasteiger partial charge on any atom is 0.133 e. The molecule has 0 bridgehead atoms.